The van der Waals surface area contributed by atoms with E-state index in [1.807, 2.05) is 75.6 Å². The Bertz CT molecular complexity index is 1120. The molecule has 0 aliphatic carbocycles. The first-order valence-corrected chi connectivity index (χ1v) is 11.9. The minimum Gasteiger partial charge on any atom is -0.378 e. The van der Waals surface area contributed by atoms with Crippen molar-refractivity contribution in [2.24, 2.45) is 0 Å². The quantitative estimate of drug-likeness (QED) is 0.584. The van der Waals surface area contributed by atoms with E-state index in [9.17, 15) is 9.59 Å². The van der Waals surface area contributed by atoms with E-state index in [-0.39, 0.29) is 11.8 Å². The van der Waals surface area contributed by atoms with Crippen LogP contribution in [0.25, 0.3) is 10.4 Å². The number of morpholine rings is 1. The van der Waals surface area contributed by atoms with Crippen molar-refractivity contribution in [1.82, 2.24) is 9.80 Å². The molecule has 1 N–H and O–H groups in total. The zero-order valence-electron chi connectivity index (χ0n) is 19.3. The Morgan fingerprint density at radius 1 is 1.03 bits per heavy atom. The zero-order valence-corrected chi connectivity index (χ0v) is 20.1. The second-order valence-electron chi connectivity index (χ2n) is 8.42. The first kappa shape index (κ1) is 23.2. The molecule has 1 aliphatic heterocycles. The lowest BCUT2D eigenvalue weighted by atomic mass is 10.1. The molecule has 6 nitrogen and oxygen atoms in total. The molecule has 4 rings (SSSR count). The molecule has 3 aromatic rings. The van der Waals surface area contributed by atoms with Gasteiger partial charge in [0.25, 0.3) is 11.8 Å². The highest BCUT2D eigenvalue weighted by Crippen LogP contribution is 2.40. The van der Waals surface area contributed by atoms with Crippen LogP contribution in [-0.2, 0) is 11.3 Å². The summed E-state index contributed by atoms with van der Waals surface area (Å²) in [6.07, 6.45) is 0. The van der Waals surface area contributed by atoms with Crippen molar-refractivity contribution in [2.45, 2.75) is 13.5 Å². The summed E-state index contributed by atoms with van der Waals surface area (Å²) in [5, 5.41) is 3.62. The summed E-state index contributed by atoms with van der Waals surface area (Å²) in [5.74, 6) is -0.283. The van der Waals surface area contributed by atoms with Gasteiger partial charge in [0.1, 0.15) is 5.00 Å². The Balaban J connectivity index is 1.65. The number of carbonyl (C=O) groups excluding carboxylic acids is 2. The number of nitrogens with zero attached hydrogens (tertiary/aromatic N) is 2. The summed E-state index contributed by atoms with van der Waals surface area (Å²) in [6, 6.07) is 17.6. The average Bonchev–Trinajstić information content (AvgIpc) is 3.15. The highest BCUT2D eigenvalue weighted by molar-refractivity contribution is 7.20. The Morgan fingerprint density at radius 2 is 1.70 bits per heavy atom. The van der Waals surface area contributed by atoms with Crippen molar-refractivity contribution in [3.05, 3.63) is 76.9 Å². The third-order valence-electron chi connectivity index (χ3n) is 5.64. The molecule has 1 fully saturated rings. The predicted molar refractivity (Wildman–Crippen MR) is 133 cm³/mol. The molecule has 2 amide bonds. The number of thiophene rings is 1. The van der Waals surface area contributed by atoms with Gasteiger partial charge in [0.2, 0.25) is 0 Å². The zero-order chi connectivity index (χ0) is 23.4. The maximum absolute atomic E-state index is 13.5. The van der Waals surface area contributed by atoms with E-state index in [2.05, 4.69) is 10.2 Å². The van der Waals surface area contributed by atoms with Crippen LogP contribution in [-0.4, -0.2) is 62.0 Å². The smallest absolute Gasteiger partial charge is 0.257 e. The first-order chi connectivity index (χ1) is 15.9. The number of nitrogens with one attached hydrogen (secondary N) is 1. The van der Waals surface area contributed by atoms with Gasteiger partial charge in [0, 0.05) is 30.1 Å². The third kappa shape index (κ3) is 5.33. The maximum atomic E-state index is 13.5. The fraction of sp³-hybridized carbons (Fsp3) is 0.308. The van der Waals surface area contributed by atoms with Gasteiger partial charge < -0.3 is 19.9 Å². The largest absolute Gasteiger partial charge is 0.378 e. The number of amides is 2. The van der Waals surface area contributed by atoms with Gasteiger partial charge >= 0.3 is 0 Å². The molecule has 0 spiro atoms. The van der Waals surface area contributed by atoms with E-state index in [0.29, 0.717) is 42.4 Å². The number of hydrogen-bond donors (Lipinski definition) is 1. The van der Waals surface area contributed by atoms with Crippen LogP contribution in [0.3, 0.4) is 0 Å². The second kappa shape index (κ2) is 10.3. The summed E-state index contributed by atoms with van der Waals surface area (Å²) >= 11 is 1.45. The van der Waals surface area contributed by atoms with Crippen LogP contribution in [0.5, 0.6) is 0 Å². The molecule has 2 heterocycles. The first-order valence-electron chi connectivity index (χ1n) is 11.0. The van der Waals surface area contributed by atoms with Crippen molar-refractivity contribution in [3.8, 4) is 10.4 Å². The number of hydrogen-bond acceptors (Lipinski definition) is 5. The molecule has 33 heavy (non-hydrogen) atoms. The molecular weight excluding hydrogens is 434 g/mol. The van der Waals surface area contributed by atoms with Gasteiger partial charge in [-0.25, -0.2) is 0 Å². The average molecular weight is 464 g/mol. The van der Waals surface area contributed by atoms with E-state index in [4.69, 9.17) is 4.74 Å². The van der Waals surface area contributed by atoms with Crippen LogP contribution in [0.1, 0.15) is 31.8 Å². The third-order valence-corrected chi connectivity index (χ3v) is 6.89. The van der Waals surface area contributed by atoms with Gasteiger partial charge in [-0.2, -0.15) is 0 Å². The van der Waals surface area contributed by atoms with Crippen LogP contribution in [0, 0.1) is 6.92 Å². The van der Waals surface area contributed by atoms with Crippen molar-refractivity contribution in [1.29, 1.82) is 0 Å². The van der Waals surface area contributed by atoms with Crippen LogP contribution >= 0.6 is 11.3 Å². The number of ether oxygens (including phenoxy) is 1. The molecule has 172 valence electrons. The van der Waals surface area contributed by atoms with Gasteiger partial charge in [-0.15, -0.1) is 11.3 Å². The SMILES string of the molecule is Cc1c(-c2ccccc2)sc(NC(=O)c2ccc(CN(C)C)cc2)c1C(=O)N1CCOCC1. The molecule has 0 bridgehead atoms. The number of carbonyl (C=O) groups is 2. The summed E-state index contributed by atoms with van der Waals surface area (Å²) in [6.45, 7) is 4.93. The highest BCUT2D eigenvalue weighted by Gasteiger charge is 2.28. The number of rotatable bonds is 6. The molecule has 0 radical (unpaired) electrons. The van der Waals surface area contributed by atoms with E-state index in [0.717, 1.165) is 28.1 Å². The molecule has 0 saturated carbocycles. The molecule has 1 aliphatic rings. The molecule has 2 aromatic carbocycles. The maximum Gasteiger partial charge on any atom is 0.257 e. The van der Waals surface area contributed by atoms with Gasteiger partial charge in [0.05, 0.1) is 18.8 Å². The van der Waals surface area contributed by atoms with Crippen molar-refractivity contribution >= 4 is 28.2 Å². The molecule has 7 heteroatoms. The number of benzene rings is 2. The van der Waals surface area contributed by atoms with Crippen molar-refractivity contribution in [3.63, 3.8) is 0 Å². The minimum atomic E-state index is -0.219. The lowest BCUT2D eigenvalue weighted by Crippen LogP contribution is -2.41. The normalized spacial score (nSPS) is 13.9. The van der Waals surface area contributed by atoms with Crippen LogP contribution in [0.4, 0.5) is 5.00 Å². The Hall–Kier alpha value is -3.00. The summed E-state index contributed by atoms with van der Waals surface area (Å²) in [7, 11) is 4.02. The van der Waals surface area contributed by atoms with Gasteiger partial charge in [-0.3, -0.25) is 9.59 Å². The summed E-state index contributed by atoms with van der Waals surface area (Å²) in [5.41, 5.74) is 4.19. The van der Waals surface area contributed by atoms with Gasteiger partial charge in [-0.05, 0) is 49.8 Å². The molecule has 1 aromatic heterocycles. The second-order valence-corrected chi connectivity index (χ2v) is 9.44. The van der Waals surface area contributed by atoms with E-state index < -0.39 is 0 Å². The highest BCUT2D eigenvalue weighted by atomic mass is 32.1. The molecule has 0 unspecified atom stereocenters. The number of anilines is 1. The van der Waals surface area contributed by atoms with Crippen LogP contribution in [0.15, 0.2) is 54.6 Å². The van der Waals surface area contributed by atoms with E-state index >= 15 is 0 Å². The van der Waals surface area contributed by atoms with Gasteiger partial charge in [0.15, 0.2) is 0 Å². The van der Waals surface area contributed by atoms with Gasteiger partial charge in [-0.1, -0.05) is 42.5 Å². The Morgan fingerprint density at radius 3 is 2.33 bits per heavy atom. The fourth-order valence-electron chi connectivity index (χ4n) is 3.95. The van der Waals surface area contributed by atoms with E-state index in [1.54, 1.807) is 4.90 Å². The molecule has 1 saturated heterocycles. The summed E-state index contributed by atoms with van der Waals surface area (Å²) in [4.78, 5) is 31.4. The summed E-state index contributed by atoms with van der Waals surface area (Å²) < 4.78 is 5.41. The van der Waals surface area contributed by atoms with Crippen molar-refractivity contribution < 1.29 is 14.3 Å². The fourth-order valence-corrected chi connectivity index (χ4v) is 5.15. The van der Waals surface area contributed by atoms with Crippen molar-refractivity contribution in [2.75, 3.05) is 45.7 Å². The monoisotopic (exact) mass is 463 g/mol. The molecule has 0 atom stereocenters. The standard InChI is InChI=1S/C26H29N3O3S/c1-18-22(26(31)29-13-15-32-16-14-29)25(33-23(18)20-7-5-4-6-8-20)27-24(30)21-11-9-19(10-12-21)17-28(2)3/h4-12H,13-17H2,1-3H3,(H,27,30). The predicted octanol–water partition coefficient (Wildman–Crippen LogP) is 4.51. The lowest BCUT2D eigenvalue weighted by Gasteiger charge is -2.27. The molecular formula is C26H29N3O3S. The Labute approximate surface area is 198 Å². The lowest BCUT2D eigenvalue weighted by molar-refractivity contribution is 0.0303. The van der Waals surface area contributed by atoms with E-state index in [1.165, 1.54) is 11.3 Å². The topological polar surface area (TPSA) is 61.9 Å². The Kier molecular flexibility index (Phi) is 7.23. The van der Waals surface area contributed by atoms with Crippen LogP contribution < -0.4 is 5.32 Å². The minimum absolute atomic E-state index is 0.0640. The van der Waals surface area contributed by atoms with Crippen LogP contribution in [0.2, 0.25) is 0 Å².